The zero-order valence-electron chi connectivity index (χ0n) is 10.4. The van der Waals surface area contributed by atoms with Gasteiger partial charge in [-0.25, -0.2) is 0 Å². The maximum Gasteiger partial charge on any atom is 0.241 e. The van der Waals surface area contributed by atoms with Crippen molar-refractivity contribution in [2.45, 2.75) is 39.0 Å². The fourth-order valence-electron chi connectivity index (χ4n) is 1.21. The molecule has 0 aliphatic rings. The molecule has 94 valence electrons. The van der Waals surface area contributed by atoms with Gasteiger partial charge >= 0.3 is 0 Å². The molecule has 0 atom stereocenters. The summed E-state index contributed by atoms with van der Waals surface area (Å²) >= 11 is 0. The van der Waals surface area contributed by atoms with Crippen molar-refractivity contribution in [2.24, 2.45) is 5.73 Å². The first-order valence-corrected chi connectivity index (χ1v) is 5.98. The van der Waals surface area contributed by atoms with Crippen molar-refractivity contribution >= 4 is 11.7 Å². The van der Waals surface area contributed by atoms with Gasteiger partial charge in [-0.1, -0.05) is 44.1 Å². The summed E-state index contributed by atoms with van der Waals surface area (Å²) in [6, 6.07) is 0. The zero-order valence-corrected chi connectivity index (χ0v) is 10.4. The number of primary amides is 1. The largest absolute Gasteiger partial charge is 0.366 e. The Morgan fingerprint density at radius 2 is 1.76 bits per heavy atom. The summed E-state index contributed by atoms with van der Waals surface area (Å²) in [6.07, 6.45) is 14.6. The second-order valence-corrected chi connectivity index (χ2v) is 3.76. The number of hydrogen-bond acceptors (Lipinski definition) is 2. The Bertz CT molecular complexity index is 314. The van der Waals surface area contributed by atoms with E-state index in [2.05, 4.69) is 6.92 Å². The molecule has 0 aromatic carbocycles. The molecule has 1 amide bonds. The lowest BCUT2D eigenvalue weighted by Crippen LogP contribution is -2.04. The molecular formula is C14H21NO2. The van der Waals surface area contributed by atoms with E-state index in [0.717, 1.165) is 6.42 Å². The Morgan fingerprint density at radius 1 is 1.06 bits per heavy atom. The Kier molecular flexibility index (Phi) is 9.82. The number of nitrogens with two attached hydrogens (primary N) is 1. The highest BCUT2D eigenvalue weighted by Crippen LogP contribution is 2.00. The third-order valence-corrected chi connectivity index (χ3v) is 2.11. The molecular weight excluding hydrogens is 214 g/mol. The van der Waals surface area contributed by atoms with Crippen LogP contribution in [-0.2, 0) is 9.59 Å². The SMILES string of the molecule is CCCCCC=CCC(=O)C=CC=CC(N)=O. The lowest BCUT2D eigenvalue weighted by Gasteiger charge is -1.91. The highest BCUT2D eigenvalue weighted by atomic mass is 16.1. The van der Waals surface area contributed by atoms with Crippen molar-refractivity contribution in [3.8, 4) is 0 Å². The van der Waals surface area contributed by atoms with Crippen LogP contribution in [0.25, 0.3) is 0 Å². The van der Waals surface area contributed by atoms with Crippen LogP contribution in [0.1, 0.15) is 39.0 Å². The number of ketones is 1. The van der Waals surface area contributed by atoms with Crippen LogP contribution in [-0.4, -0.2) is 11.7 Å². The molecule has 0 unspecified atom stereocenters. The molecule has 2 N–H and O–H groups in total. The molecule has 0 saturated carbocycles. The second-order valence-electron chi connectivity index (χ2n) is 3.76. The number of allylic oxidation sites excluding steroid dienone is 5. The van der Waals surface area contributed by atoms with E-state index in [1.807, 2.05) is 12.2 Å². The van der Waals surface area contributed by atoms with Crippen molar-refractivity contribution < 1.29 is 9.59 Å². The Labute approximate surface area is 103 Å². The van der Waals surface area contributed by atoms with Gasteiger partial charge in [0.25, 0.3) is 0 Å². The van der Waals surface area contributed by atoms with E-state index < -0.39 is 5.91 Å². The third kappa shape index (κ3) is 12.3. The molecule has 3 heteroatoms. The van der Waals surface area contributed by atoms with Crippen LogP contribution >= 0.6 is 0 Å². The number of carbonyl (C=O) groups is 2. The average Bonchev–Trinajstić information content (AvgIpc) is 2.29. The van der Waals surface area contributed by atoms with E-state index in [-0.39, 0.29) is 5.78 Å². The minimum Gasteiger partial charge on any atom is -0.366 e. The highest BCUT2D eigenvalue weighted by Gasteiger charge is 1.90. The molecule has 0 aromatic rings. The Balaban J connectivity index is 3.68. The molecule has 0 spiro atoms. The maximum atomic E-state index is 11.3. The van der Waals surface area contributed by atoms with Crippen molar-refractivity contribution in [3.05, 3.63) is 36.5 Å². The summed E-state index contributed by atoms with van der Waals surface area (Å²) in [6.45, 7) is 2.16. The monoisotopic (exact) mass is 235 g/mol. The highest BCUT2D eigenvalue weighted by molar-refractivity contribution is 5.91. The number of carbonyl (C=O) groups excluding carboxylic acids is 2. The molecule has 0 heterocycles. The van der Waals surface area contributed by atoms with Gasteiger partial charge in [-0.05, 0) is 18.9 Å². The van der Waals surface area contributed by atoms with Crippen molar-refractivity contribution in [1.82, 2.24) is 0 Å². The second kappa shape index (κ2) is 10.9. The summed E-state index contributed by atoms with van der Waals surface area (Å²) < 4.78 is 0. The molecule has 0 saturated heterocycles. The van der Waals surface area contributed by atoms with Crippen LogP contribution in [0.3, 0.4) is 0 Å². The predicted octanol–water partition coefficient (Wildman–Crippen LogP) is 2.68. The van der Waals surface area contributed by atoms with Crippen molar-refractivity contribution in [1.29, 1.82) is 0 Å². The smallest absolute Gasteiger partial charge is 0.241 e. The van der Waals surface area contributed by atoms with Crippen LogP contribution < -0.4 is 5.73 Å². The molecule has 0 radical (unpaired) electrons. The number of hydrogen-bond donors (Lipinski definition) is 1. The summed E-state index contributed by atoms with van der Waals surface area (Å²) in [7, 11) is 0. The quantitative estimate of drug-likeness (QED) is 0.289. The van der Waals surface area contributed by atoms with Gasteiger partial charge in [0.1, 0.15) is 0 Å². The molecule has 0 aliphatic carbocycles. The van der Waals surface area contributed by atoms with Crippen LogP contribution in [0.15, 0.2) is 36.5 Å². The van der Waals surface area contributed by atoms with E-state index >= 15 is 0 Å². The Hall–Kier alpha value is -1.64. The molecule has 17 heavy (non-hydrogen) atoms. The van der Waals surface area contributed by atoms with Gasteiger partial charge < -0.3 is 5.73 Å². The molecule has 0 rings (SSSR count). The number of unbranched alkanes of at least 4 members (excludes halogenated alkanes) is 3. The molecule has 0 aromatic heterocycles. The van der Waals surface area contributed by atoms with E-state index in [4.69, 9.17) is 5.73 Å². The lowest BCUT2D eigenvalue weighted by atomic mass is 10.2. The zero-order chi connectivity index (χ0) is 12.9. The number of amides is 1. The molecule has 0 aliphatic heterocycles. The predicted molar refractivity (Wildman–Crippen MR) is 70.4 cm³/mol. The van der Waals surface area contributed by atoms with Crippen molar-refractivity contribution in [2.75, 3.05) is 0 Å². The van der Waals surface area contributed by atoms with Gasteiger partial charge in [-0.15, -0.1) is 0 Å². The van der Waals surface area contributed by atoms with Gasteiger partial charge in [0, 0.05) is 12.5 Å². The van der Waals surface area contributed by atoms with Gasteiger partial charge in [-0.3, -0.25) is 9.59 Å². The summed E-state index contributed by atoms with van der Waals surface area (Å²) in [5.74, 6) is -0.496. The standard InChI is InChI=1S/C14H21NO2/c1-2-3-4-5-6-7-10-13(16)11-8-9-12-14(15)17/h6-9,11-12H,2-5,10H2,1H3,(H2,15,17). The normalized spacial score (nSPS) is 11.8. The van der Waals surface area contributed by atoms with E-state index in [9.17, 15) is 9.59 Å². The maximum absolute atomic E-state index is 11.3. The topological polar surface area (TPSA) is 60.2 Å². The van der Waals surface area contributed by atoms with Crippen LogP contribution in [0.4, 0.5) is 0 Å². The number of rotatable bonds is 9. The van der Waals surface area contributed by atoms with Gasteiger partial charge in [0.05, 0.1) is 0 Å². The minimum absolute atomic E-state index is 0.0193. The van der Waals surface area contributed by atoms with E-state index in [1.165, 1.54) is 43.6 Å². The van der Waals surface area contributed by atoms with Crippen molar-refractivity contribution in [3.63, 3.8) is 0 Å². The van der Waals surface area contributed by atoms with Gasteiger partial charge in [0.2, 0.25) is 5.91 Å². The summed E-state index contributed by atoms with van der Waals surface area (Å²) in [4.78, 5) is 21.6. The summed E-state index contributed by atoms with van der Waals surface area (Å²) in [5.41, 5.74) is 4.89. The third-order valence-electron chi connectivity index (χ3n) is 2.11. The first-order valence-electron chi connectivity index (χ1n) is 5.98. The fraction of sp³-hybridized carbons (Fsp3) is 0.429. The van der Waals surface area contributed by atoms with E-state index in [1.54, 1.807) is 0 Å². The first kappa shape index (κ1) is 15.4. The van der Waals surface area contributed by atoms with Gasteiger partial charge in [-0.2, -0.15) is 0 Å². The van der Waals surface area contributed by atoms with E-state index in [0.29, 0.717) is 6.42 Å². The first-order chi connectivity index (χ1) is 8.16. The van der Waals surface area contributed by atoms with Crippen LogP contribution in [0, 0.1) is 0 Å². The fourth-order valence-corrected chi connectivity index (χ4v) is 1.21. The molecule has 3 nitrogen and oxygen atoms in total. The minimum atomic E-state index is -0.516. The van der Waals surface area contributed by atoms with Gasteiger partial charge in [0.15, 0.2) is 5.78 Å². The molecule has 0 fully saturated rings. The lowest BCUT2D eigenvalue weighted by molar-refractivity contribution is -0.114. The summed E-state index contributed by atoms with van der Waals surface area (Å²) in [5, 5.41) is 0. The Morgan fingerprint density at radius 3 is 2.41 bits per heavy atom. The van der Waals surface area contributed by atoms with Crippen LogP contribution in [0.5, 0.6) is 0 Å². The average molecular weight is 235 g/mol. The molecule has 0 bridgehead atoms. The van der Waals surface area contributed by atoms with Crippen LogP contribution in [0.2, 0.25) is 0 Å².